The average Bonchev–Trinajstić information content (AvgIpc) is 3.67. The summed E-state index contributed by atoms with van der Waals surface area (Å²) in [7, 11) is -9.59. The molecular formula is C39H38O2Si3. The molecular weight excluding hydrogens is 585 g/mol. The number of allylic oxidation sites excluding steroid dienone is 2. The van der Waals surface area contributed by atoms with Crippen LogP contribution in [0.25, 0.3) is 0 Å². The van der Waals surface area contributed by atoms with E-state index < -0.39 is 25.2 Å². The Kier molecular flexibility index (Phi) is 9.02. The lowest BCUT2D eigenvalue weighted by atomic mass is 10.4. The zero-order valence-corrected chi connectivity index (χ0v) is 28.0. The molecule has 5 heteroatoms. The van der Waals surface area contributed by atoms with Crippen LogP contribution in [0.5, 0.6) is 0 Å². The van der Waals surface area contributed by atoms with Crippen LogP contribution >= 0.6 is 0 Å². The van der Waals surface area contributed by atoms with E-state index in [-0.39, 0.29) is 0 Å². The van der Waals surface area contributed by atoms with Gasteiger partial charge in [0.25, 0.3) is 16.6 Å². The van der Waals surface area contributed by atoms with E-state index in [9.17, 15) is 0 Å². The first-order valence-corrected chi connectivity index (χ1v) is 21.1. The summed E-state index contributed by atoms with van der Waals surface area (Å²) >= 11 is 0. The molecule has 2 nitrogen and oxygen atoms in total. The molecule has 0 heterocycles. The number of rotatable bonds is 12. The molecule has 6 rings (SSSR count). The van der Waals surface area contributed by atoms with Crippen LogP contribution in [0.15, 0.2) is 187 Å². The SMILES string of the molecule is C=C[Si](O[Si](O[Si](C=C)(c1ccccc1)c1ccccc1)(C1=CCCC1)c1ccccc1)(c1ccccc1)c1ccccc1. The average molecular weight is 623 g/mol. The van der Waals surface area contributed by atoms with Crippen LogP contribution in [0.4, 0.5) is 0 Å². The minimum Gasteiger partial charge on any atom is -0.419 e. The summed E-state index contributed by atoms with van der Waals surface area (Å²) in [6.45, 7) is 9.00. The van der Waals surface area contributed by atoms with Crippen LogP contribution in [-0.4, -0.2) is 25.2 Å². The topological polar surface area (TPSA) is 18.5 Å². The van der Waals surface area contributed by atoms with Crippen molar-refractivity contribution >= 4 is 51.1 Å². The van der Waals surface area contributed by atoms with E-state index in [2.05, 4.69) is 182 Å². The zero-order valence-electron chi connectivity index (χ0n) is 25.0. The van der Waals surface area contributed by atoms with Crippen molar-refractivity contribution in [2.45, 2.75) is 19.3 Å². The molecule has 1 aliphatic carbocycles. The van der Waals surface area contributed by atoms with Gasteiger partial charge in [-0.3, -0.25) is 0 Å². The highest BCUT2D eigenvalue weighted by atomic mass is 28.5. The minimum absolute atomic E-state index is 0.942. The maximum Gasteiger partial charge on any atom is 0.383 e. The fraction of sp³-hybridized carbons (Fsp3) is 0.0769. The van der Waals surface area contributed by atoms with E-state index in [0.29, 0.717) is 0 Å². The first-order valence-electron chi connectivity index (χ1n) is 15.3. The summed E-state index contributed by atoms with van der Waals surface area (Å²) in [5.41, 5.74) is 4.20. The minimum atomic E-state index is -3.44. The van der Waals surface area contributed by atoms with E-state index in [4.69, 9.17) is 8.23 Å². The molecule has 44 heavy (non-hydrogen) atoms. The Bertz CT molecular complexity index is 1530. The van der Waals surface area contributed by atoms with Crippen LogP contribution in [-0.2, 0) is 8.23 Å². The van der Waals surface area contributed by atoms with Crippen LogP contribution in [0, 0.1) is 0 Å². The highest BCUT2D eigenvalue weighted by Crippen LogP contribution is 2.34. The van der Waals surface area contributed by atoms with E-state index >= 15 is 0 Å². The molecule has 0 saturated heterocycles. The third-order valence-corrected chi connectivity index (χ3v) is 21.8. The lowest BCUT2D eigenvalue weighted by molar-refractivity contribution is 0.420. The van der Waals surface area contributed by atoms with Gasteiger partial charge in [-0.25, -0.2) is 0 Å². The van der Waals surface area contributed by atoms with E-state index in [1.807, 2.05) is 0 Å². The van der Waals surface area contributed by atoms with Gasteiger partial charge >= 0.3 is 8.56 Å². The maximum atomic E-state index is 8.07. The van der Waals surface area contributed by atoms with Crippen molar-refractivity contribution in [3.8, 4) is 0 Å². The van der Waals surface area contributed by atoms with Crippen LogP contribution in [0.2, 0.25) is 0 Å². The first-order chi connectivity index (χ1) is 21.7. The van der Waals surface area contributed by atoms with Crippen LogP contribution < -0.4 is 25.9 Å². The second-order valence-corrected chi connectivity index (χ2v) is 21.3. The van der Waals surface area contributed by atoms with Crippen LogP contribution in [0.3, 0.4) is 0 Å². The van der Waals surface area contributed by atoms with Crippen molar-refractivity contribution in [2.24, 2.45) is 0 Å². The van der Waals surface area contributed by atoms with Gasteiger partial charge in [-0.1, -0.05) is 169 Å². The van der Waals surface area contributed by atoms with Gasteiger partial charge in [-0.15, -0.1) is 13.2 Å². The second kappa shape index (κ2) is 13.3. The quantitative estimate of drug-likeness (QED) is 0.159. The van der Waals surface area contributed by atoms with E-state index in [1.165, 1.54) is 5.20 Å². The van der Waals surface area contributed by atoms with Crippen molar-refractivity contribution in [2.75, 3.05) is 0 Å². The largest absolute Gasteiger partial charge is 0.419 e. The maximum absolute atomic E-state index is 8.07. The molecule has 5 aromatic rings. The lowest BCUT2D eigenvalue weighted by Crippen LogP contribution is -2.75. The Morgan fingerprint density at radius 3 is 1.05 bits per heavy atom. The van der Waals surface area contributed by atoms with Crippen molar-refractivity contribution < 1.29 is 8.23 Å². The molecule has 0 amide bonds. The number of hydrogen-bond donors (Lipinski definition) is 0. The molecule has 0 atom stereocenters. The van der Waals surface area contributed by atoms with Gasteiger partial charge in [0, 0.05) is 0 Å². The Balaban J connectivity index is 1.68. The summed E-state index contributed by atoms with van der Waals surface area (Å²) in [6.07, 6.45) is 5.44. The standard InChI is InChI=1S/C39H38O2Si3/c1-3-42(34-22-10-5-11-23-34,35-24-12-6-13-25-35)40-44(39-32-20-21-33-39,38-30-18-9-19-31-38)41-43(4-2,36-26-14-7-15-27-36)37-28-16-8-17-29-37/h3-19,22-32H,1-2,20-21,33H2. The number of hydrogen-bond acceptors (Lipinski definition) is 2. The molecule has 218 valence electrons. The van der Waals surface area contributed by atoms with E-state index in [0.717, 1.165) is 45.2 Å². The Labute approximate surface area is 265 Å². The fourth-order valence-electron chi connectivity index (χ4n) is 6.40. The molecule has 0 saturated carbocycles. The summed E-state index contributed by atoms with van der Waals surface area (Å²) in [6, 6.07) is 53.4. The predicted octanol–water partition coefficient (Wildman–Crippen LogP) is 5.99. The molecule has 5 aromatic carbocycles. The monoisotopic (exact) mass is 622 g/mol. The fourth-order valence-corrected chi connectivity index (χ4v) is 21.4. The Morgan fingerprint density at radius 1 is 0.455 bits per heavy atom. The Morgan fingerprint density at radius 2 is 0.773 bits per heavy atom. The Hall–Kier alpha value is -4.11. The van der Waals surface area contributed by atoms with Gasteiger partial charge in [0.05, 0.1) is 0 Å². The first kappa shape index (κ1) is 29.9. The summed E-state index contributed by atoms with van der Waals surface area (Å²) in [5.74, 6) is 0. The normalized spacial score (nSPS) is 13.7. The molecule has 0 fully saturated rings. The van der Waals surface area contributed by atoms with Gasteiger partial charge < -0.3 is 8.23 Å². The predicted molar refractivity (Wildman–Crippen MR) is 192 cm³/mol. The number of benzene rings is 5. The summed E-state index contributed by atoms with van der Waals surface area (Å²) in [5, 5.41) is 7.02. The van der Waals surface area contributed by atoms with Gasteiger partial charge in [0.1, 0.15) is 0 Å². The van der Waals surface area contributed by atoms with Gasteiger partial charge in [-0.2, -0.15) is 0 Å². The molecule has 0 N–H and O–H groups in total. The van der Waals surface area contributed by atoms with E-state index in [1.54, 1.807) is 0 Å². The third-order valence-electron chi connectivity index (χ3n) is 8.61. The van der Waals surface area contributed by atoms with Crippen molar-refractivity contribution in [3.05, 3.63) is 187 Å². The molecule has 1 aliphatic rings. The zero-order chi connectivity index (χ0) is 30.3. The third kappa shape index (κ3) is 5.49. The molecule has 0 radical (unpaired) electrons. The van der Waals surface area contributed by atoms with Crippen molar-refractivity contribution in [1.82, 2.24) is 0 Å². The molecule has 0 bridgehead atoms. The van der Waals surface area contributed by atoms with Gasteiger partial charge in [0.15, 0.2) is 0 Å². The van der Waals surface area contributed by atoms with Crippen molar-refractivity contribution in [1.29, 1.82) is 0 Å². The van der Waals surface area contributed by atoms with Gasteiger partial charge in [-0.05, 0) is 50.4 Å². The smallest absolute Gasteiger partial charge is 0.383 e. The molecule has 0 aliphatic heterocycles. The summed E-state index contributed by atoms with van der Waals surface area (Å²) < 4.78 is 16.1. The van der Waals surface area contributed by atoms with Gasteiger partial charge in [0.2, 0.25) is 0 Å². The van der Waals surface area contributed by atoms with Crippen molar-refractivity contribution in [3.63, 3.8) is 0 Å². The summed E-state index contributed by atoms with van der Waals surface area (Å²) in [4.78, 5) is 0. The highest BCUT2D eigenvalue weighted by molar-refractivity contribution is 7.12. The lowest BCUT2D eigenvalue weighted by Gasteiger charge is -2.46. The molecule has 0 unspecified atom stereocenters. The highest BCUT2D eigenvalue weighted by Gasteiger charge is 2.57. The molecule has 0 aromatic heterocycles. The second-order valence-electron chi connectivity index (χ2n) is 11.2. The molecule has 0 spiro atoms. The van der Waals surface area contributed by atoms with Crippen LogP contribution in [0.1, 0.15) is 19.3 Å².